The Morgan fingerprint density at radius 3 is 2.30 bits per heavy atom. The van der Waals surface area contributed by atoms with Crippen molar-refractivity contribution in [1.82, 2.24) is 0 Å². The van der Waals surface area contributed by atoms with E-state index in [4.69, 9.17) is 16.3 Å². The molecule has 27 heavy (non-hydrogen) atoms. The van der Waals surface area contributed by atoms with Gasteiger partial charge in [0.2, 0.25) is 0 Å². The summed E-state index contributed by atoms with van der Waals surface area (Å²) in [4.78, 5) is 13.3. The van der Waals surface area contributed by atoms with Crippen molar-refractivity contribution in [2.45, 2.75) is 11.8 Å². The molecule has 1 aromatic heterocycles. The fourth-order valence-electron chi connectivity index (χ4n) is 2.42. The number of carbonyl (C=O) groups excluding carboxylic acids is 1. The van der Waals surface area contributed by atoms with Crippen LogP contribution in [-0.2, 0) is 10.0 Å². The number of hydrogen-bond acceptors (Lipinski definition) is 5. The smallest absolute Gasteiger partial charge is 0.282 e. The second-order valence-electron chi connectivity index (χ2n) is 5.43. The van der Waals surface area contributed by atoms with Gasteiger partial charge in [-0.2, -0.15) is 4.31 Å². The van der Waals surface area contributed by atoms with Crippen molar-refractivity contribution < 1.29 is 17.9 Å². The topological polar surface area (TPSA) is 63.7 Å². The van der Waals surface area contributed by atoms with Crippen molar-refractivity contribution in [3.05, 3.63) is 75.9 Å². The van der Waals surface area contributed by atoms with E-state index >= 15 is 0 Å². The second-order valence-corrected chi connectivity index (χ2v) is 8.60. The van der Waals surface area contributed by atoms with Gasteiger partial charge in [0.05, 0.1) is 22.1 Å². The lowest BCUT2D eigenvalue weighted by Gasteiger charge is -2.22. The van der Waals surface area contributed by atoms with Crippen molar-refractivity contribution in [2.24, 2.45) is 0 Å². The number of ether oxygens (including phenoxy) is 1. The molecule has 0 saturated carbocycles. The molecule has 2 aromatic carbocycles. The van der Waals surface area contributed by atoms with Crippen LogP contribution in [0.3, 0.4) is 0 Å². The second kappa shape index (κ2) is 8.12. The highest BCUT2D eigenvalue weighted by Gasteiger charge is 2.32. The maximum absolute atomic E-state index is 13.2. The van der Waals surface area contributed by atoms with Gasteiger partial charge in [0.15, 0.2) is 0 Å². The first-order chi connectivity index (χ1) is 12.9. The van der Waals surface area contributed by atoms with E-state index in [1.54, 1.807) is 41.8 Å². The lowest BCUT2D eigenvalue weighted by Crippen LogP contribution is -2.36. The van der Waals surface area contributed by atoms with E-state index in [9.17, 15) is 13.2 Å². The zero-order chi connectivity index (χ0) is 19.4. The molecule has 8 heteroatoms. The molecule has 0 unspecified atom stereocenters. The quantitative estimate of drug-likeness (QED) is 0.571. The van der Waals surface area contributed by atoms with Gasteiger partial charge in [-0.1, -0.05) is 17.7 Å². The molecule has 0 fully saturated rings. The van der Waals surface area contributed by atoms with Gasteiger partial charge in [-0.25, -0.2) is 8.42 Å². The monoisotopic (exact) mass is 421 g/mol. The third-order valence-corrected chi connectivity index (χ3v) is 6.49. The molecule has 1 heterocycles. The van der Waals surface area contributed by atoms with Gasteiger partial charge in [-0.05, 0) is 66.9 Å². The predicted octanol–water partition coefficient (Wildman–Crippen LogP) is 4.84. The summed E-state index contributed by atoms with van der Waals surface area (Å²) in [7, 11) is -4.13. The van der Waals surface area contributed by atoms with E-state index < -0.39 is 15.9 Å². The summed E-state index contributed by atoms with van der Waals surface area (Å²) in [6.45, 7) is 2.34. The summed E-state index contributed by atoms with van der Waals surface area (Å²) < 4.78 is 32.6. The minimum atomic E-state index is -4.13. The fourth-order valence-corrected chi connectivity index (χ4v) is 4.67. The summed E-state index contributed by atoms with van der Waals surface area (Å²) in [6, 6.07) is 15.3. The Morgan fingerprint density at radius 2 is 1.74 bits per heavy atom. The number of anilines is 1. The Hall–Kier alpha value is -2.35. The van der Waals surface area contributed by atoms with E-state index in [0.29, 0.717) is 22.3 Å². The van der Waals surface area contributed by atoms with Crippen LogP contribution < -0.4 is 9.04 Å². The first-order valence-corrected chi connectivity index (χ1v) is 10.7. The molecule has 0 aliphatic rings. The van der Waals surface area contributed by atoms with Crippen LogP contribution in [0.15, 0.2) is 70.9 Å². The van der Waals surface area contributed by atoms with Crippen LogP contribution in [0.4, 0.5) is 5.69 Å². The highest BCUT2D eigenvalue weighted by molar-refractivity contribution is 7.93. The summed E-state index contributed by atoms with van der Waals surface area (Å²) in [5.41, 5.74) is 0.229. The molecule has 0 aliphatic heterocycles. The van der Waals surface area contributed by atoms with Gasteiger partial charge < -0.3 is 4.74 Å². The number of benzene rings is 2. The standard InChI is InChI=1S/C19H16ClNO4S2/c1-2-25-16-9-7-15(8-10-16)21(19(22)18-4-3-13-26-18)27(23,24)17-11-5-14(20)6-12-17/h3-13H,2H2,1H3. The van der Waals surface area contributed by atoms with E-state index in [1.807, 2.05) is 6.92 Å². The van der Waals surface area contributed by atoms with Gasteiger partial charge in [0.25, 0.3) is 15.9 Å². The maximum Gasteiger partial charge on any atom is 0.282 e. The molecule has 140 valence electrons. The van der Waals surface area contributed by atoms with Crippen LogP contribution in [0.2, 0.25) is 5.02 Å². The third kappa shape index (κ3) is 4.16. The Balaban J connectivity index is 2.09. The molecular formula is C19H16ClNO4S2. The molecule has 0 bridgehead atoms. The molecule has 0 radical (unpaired) electrons. The molecular weight excluding hydrogens is 406 g/mol. The average Bonchev–Trinajstić information content (AvgIpc) is 3.18. The van der Waals surface area contributed by atoms with Crippen LogP contribution in [0.1, 0.15) is 16.6 Å². The Bertz CT molecular complexity index is 1010. The molecule has 0 aliphatic carbocycles. The zero-order valence-corrected chi connectivity index (χ0v) is 16.7. The van der Waals surface area contributed by atoms with Crippen molar-refractivity contribution in [2.75, 3.05) is 10.9 Å². The molecule has 0 saturated heterocycles. The van der Waals surface area contributed by atoms with Crippen molar-refractivity contribution in [1.29, 1.82) is 0 Å². The molecule has 5 nitrogen and oxygen atoms in total. The van der Waals surface area contributed by atoms with Crippen LogP contribution in [-0.4, -0.2) is 20.9 Å². The van der Waals surface area contributed by atoms with Crippen LogP contribution in [0.5, 0.6) is 5.75 Å². The summed E-state index contributed by atoms with van der Waals surface area (Å²) >= 11 is 7.04. The minimum Gasteiger partial charge on any atom is -0.494 e. The molecule has 3 rings (SSSR count). The number of hydrogen-bond donors (Lipinski definition) is 0. The van der Waals surface area contributed by atoms with E-state index in [2.05, 4.69) is 0 Å². The Labute approximate surface area is 166 Å². The van der Waals surface area contributed by atoms with Gasteiger partial charge in [0, 0.05) is 5.02 Å². The normalized spacial score (nSPS) is 11.2. The Morgan fingerprint density at radius 1 is 1.07 bits per heavy atom. The lowest BCUT2D eigenvalue weighted by atomic mass is 10.3. The number of rotatable bonds is 6. The third-order valence-electron chi connectivity index (χ3n) is 3.65. The highest BCUT2D eigenvalue weighted by atomic mass is 35.5. The molecule has 3 aromatic rings. The first kappa shape index (κ1) is 19.4. The number of thiophene rings is 1. The maximum atomic E-state index is 13.2. The highest BCUT2D eigenvalue weighted by Crippen LogP contribution is 2.29. The SMILES string of the molecule is CCOc1ccc(N(C(=O)c2cccs2)S(=O)(=O)c2ccc(Cl)cc2)cc1. The van der Waals surface area contributed by atoms with Crippen molar-refractivity contribution in [3.8, 4) is 5.75 Å². The summed E-state index contributed by atoms with van der Waals surface area (Å²) in [6.07, 6.45) is 0. The minimum absolute atomic E-state index is 0.0225. The molecule has 0 atom stereocenters. The number of nitrogens with zero attached hydrogens (tertiary/aromatic N) is 1. The molecule has 1 amide bonds. The largest absolute Gasteiger partial charge is 0.494 e. The van der Waals surface area contributed by atoms with E-state index in [-0.39, 0.29) is 10.6 Å². The Kier molecular flexibility index (Phi) is 5.84. The van der Waals surface area contributed by atoms with Crippen molar-refractivity contribution in [3.63, 3.8) is 0 Å². The number of sulfonamides is 1. The van der Waals surface area contributed by atoms with Crippen molar-refractivity contribution >= 4 is 44.6 Å². The zero-order valence-electron chi connectivity index (χ0n) is 14.3. The van der Waals surface area contributed by atoms with Crippen LogP contribution in [0.25, 0.3) is 0 Å². The fraction of sp³-hybridized carbons (Fsp3) is 0.105. The lowest BCUT2D eigenvalue weighted by molar-refractivity contribution is 0.101. The van der Waals surface area contributed by atoms with E-state index in [1.165, 1.54) is 35.6 Å². The number of halogens is 1. The van der Waals surface area contributed by atoms with E-state index in [0.717, 1.165) is 4.31 Å². The van der Waals surface area contributed by atoms with Crippen LogP contribution >= 0.6 is 22.9 Å². The van der Waals surface area contributed by atoms with Crippen LogP contribution in [0, 0.1) is 0 Å². The molecule has 0 spiro atoms. The summed E-state index contributed by atoms with van der Waals surface area (Å²) in [5.74, 6) is -0.0298. The predicted molar refractivity (Wildman–Crippen MR) is 107 cm³/mol. The van der Waals surface area contributed by atoms with Gasteiger partial charge in [-0.15, -0.1) is 11.3 Å². The number of carbonyl (C=O) groups is 1. The van der Waals surface area contributed by atoms with Gasteiger partial charge >= 0.3 is 0 Å². The number of amides is 1. The first-order valence-electron chi connectivity index (χ1n) is 8.05. The molecule has 0 N–H and O–H groups in total. The van der Waals surface area contributed by atoms with Gasteiger partial charge in [-0.3, -0.25) is 4.79 Å². The van der Waals surface area contributed by atoms with Gasteiger partial charge in [0.1, 0.15) is 5.75 Å². The summed E-state index contributed by atoms with van der Waals surface area (Å²) in [5, 5.41) is 2.13. The average molecular weight is 422 g/mol.